The van der Waals surface area contributed by atoms with Crippen LogP contribution in [0.2, 0.25) is 0 Å². The quantitative estimate of drug-likeness (QED) is 0.873. The van der Waals surface area contributed by atoms with Crippen molar-refractivity contribution in [1.82, 2.24) is 4.90 Å². The van der Waals surface area contributed by atoms with Crippen LogP contribution in [0, 0.1) is 11.3 Å². The lowest BCUT2D eigenvalue weighted by Gasteiger charge is -2.30. The van der Waals surface area contributed by atoms with Gasteiger partial charge in [-0.3, -0.25) is 0 Å². The predicted molar refractivity (Wildman–Crippen MR) is 90.2 cm³/mol. The number of urea groups is 1. The van der Waals surface area contributed by atoms with Crippen molar-refractivity contribution >= 4 is 11.7 Å². The SMILES string of the molecule is CCCN(C[C@H]1CCCCO1)C(=O)Nc1ccc(CC#N)cc1. The Balaban J connectivity index is 1.92. The lowest BCUT2D eigenvalue weighted by Crippen LogP contribution is -2.42. The summed E-state index contributed by atoms with van der Waals surface area (Å²) in [6.45, 7) is 4.23. The molecule has 0 spiro atoms. The van der Waals surface area contributed by atoms with E-state index in [1.807, 2.05) is 29.2 Å². The first-order valence-electron chi connectivity index (χ1n) is 8.36. The van der Waals surface area contributed by atoms with Gasteiger partial charge in [0, 0.05) is 25.4 Å². The van der Waals surface area contributed by atoms with E-state index in [1.54, 1.807) is 0 Å². The fourth-order valence-corrected chi connectivity index (χ4v) is 2.74. The topological polar surface area (TPSA) is 65.4 Å². The molecule has 2 rings (SSSR count). The number of anilines is 1. The van der Waals surface area contributed by atoms with E-state index in [-0.39, 0.29) is 12.1 Å². The highest BCUT2D eigenvalue weighted by atomic mass is 16.5. The van der Waals surface area contributed by atoms with Crippen molar-refractivity contribution in [3.8, 4) is 6.07 Å². The largest absolute Gasteiger partial charge is 0.376 e. The van der Waals surface area contributed by atoms with Crippen LogP contribution in [0.4, 0.5) is 10.5 Å². The fraction of sp³-hybridized carbons (Fsp3) is 0.556. The van der Waals surface area contributed by atoms with Crippen LogP contribution in [-0.4, -0.2) is 36.7 Å². The Kier molecular flexibility index (Phi) is 6.89. The maximum absolute atomic E-state index is 12.5. The predicted octanol–water partition coefficient (Wildman–Crippen LogP) is 3.57. The Morgan fingerprint density at radius 3 is 2.78 bits per heavy atom. The number of rotatable bonds is 6. The Hall–Kier alpha value is -2.06. The Bertz CT molecular complexity index is 530. The van der Waals surface area contributed by atoms with E-state index in [1.165, 1.54) is 6.42 Å². The molecule has 0 unspecified atom stereocenters. The third-order valence-electron chi connectivity index (χ3n) is 3.97. The van der Waals surface area contributed by atoms with E-state index in [9.17, 15) is 4.79 Å². The van der Waals surface area contributed by atoms with Crippen LogP contribution in [0.1, 0.15) is 38.2 Å². The molecule has 23 heavy (non-hydrogen) atoms. The van der Waals surface area contributed by atoms with Crippen molar-refractivity contribution in [2.45, 2.75) is 45.1 Å². The van der Waals surface area contributed by atoms with E-state index in [4.69, 9.17) is 10.00 Å². The zero-order valence-corrected chi connectivity index (χ0v) is 13.8. The van der Waals surface area contributed by atoms with Gasteiger partial charge in [0.2, 0.25) is 0 Å². The number of ether oxygens (including phenoxy) is 1. The van der Waals surface area contributed by atoms with Gasteiger partial charge in [-0.05, 0) is 43.4 Å². The van der Waals surface area contributed by atoms with E-state index in [0.717, 1.165) is 43.7 Å². The molecule has 1 heterocycles. The number of nitrogens with one attached hydrogen (secondary N) is 1. The third kappa shape index (κ3) is 5.57. The Morgan fingerprint density at radius 2 is 2.17 bits per heavy atom. The second-order valence-electron chi connectivity index (χ2n) is 5.90. The summed E-state index contributed by atoms with van der Waals surface area (Å²) < 4.78 is 5.75. The average molecular weight is 315 g/mol. The van der Waals surface area contributed by atoms with Gasteiger partial charge < -0.3 is 15.0 Å². The van der Waals surface area contributed by atoms with Gasteiger partial charge in [-0.1, -0.05) is 19.1 Å². The lowest BCUT2D eigenvalue weighted by molar-refractivity contribution is 0.00162. The second-order valence-corrected chi connectivity index (χ2v) is 5.90. The monoisotopic (exact) mass is 315 g/mol. The van der Waals surface area contributed by atoms with Gasteiger partial charge in [-0.25, -0.2) is 4.79 Å². The normalized spacial score (nSPS) is 17.3. The summed E-state index contributed by atoms with van der Waals surface area (Å²) in [4.78, 5) is 14.3. The average Bonchev–Trinajstić information content (AvgIpc) is 2.57. The number of hydrogen-bond acceptors (Lipinski definition) is 3. The maximum Gasteiger partial charge on any atom is 0.321 e. The number of carbonyl (C=O) groups excluding carboxylic acids is 1. The molecule has 1 aromatic rings. The highest BCUT2D eigenvalue weighted by Crippen LogP contribution is 2.16. The Labute approximate surface area is 138 Å². The summed E-state index contributed by atoms with van der Waals surface area (Å²) >= 11 is 0. The van der Waals surface area contributed by atoms with E-state index in [0.29, 0.717) is 13.0 Å². The molecule has 1 aliphatic heterocycles. The second kappa shape index (κ2) is 9.16. The summed E-state index contributed by atoms with van der Waals surface area (Å²) in [5.41, 5.74) is 1.70. The minimum atomic E-state index is -0.0888. The summed E-state index contributed by atoms with van der Waals surface area (Å²) in [5, 5.41) is 11.6. The first kappa shape index (κ1) is 17.3. The molecule has 0 aromatic heterocycles. The molecule has 124 valence electrons. The van der Waals surface area contributed by atoms with E-state index >= 15 is 0 Å². The van der Waals surface area contributed by atoms with Crippen LogP contribution in [-0.2, 0) is 11.2 Å². The summed E-state index contributed by atoms with van der Waals surface area (Å²) in [5.74, 6) is 0. The Morgan fingerprint density at radius 1 is 1.39 bits per heavy atom. The molecule has 0 aliphatic carbocycles. The van der Waals surface area contributed by atoms with Crippen LogP contribution < -0.4 is 5.32 Å². The van der Waals surface area contributed by atoms with Crippen LogP contribution in [0.25, 0.3) is 0 Å². The van der Waals surface area contributed by atoms with Crippen molar-refractivity contribution in [2.24, 2.45) is 0 Å². The number of nitriles is 1. The van der Waals surface area contributed by atoms with Crippen molar-refractivity contribution in [1.29, 1.82) is 5.26 Å². The van der Waals surface area contributed by atoms with E-state index in [2.05, 4.69) is 18.3 Å². The highest BCUT2D eigenvalue weighted by Gasteiger charge is 2.21. The molecule has 1 N–H and O–H groups in total. The van der Waals surface area contributed by atoms with E-state index < -0.39 is 0 Å². The number of nitrogens with zero attached hydrogens (tertiary/aromatic N) is 2. The standard InChI is InChI=1S/C18H25N3O2/c1-2-12-21(14-17-5-3-4-13-23-17)18(22)20-16-8-6-15(7-9-16)10-11-19/h6-9,17H,2-5,10,12-14H2,1H3,(H,20,22)/t17-/m1/s1. The minimum absolute atomic E-state index is 0.0888. The van der Waals surface area contributed by atoms with Gasteiger partial charge in [-0.2, -0.15) is 5.26 Å². The van der Waals surface area contributed by atoms with Crippen LogP contribution in [0.5, 0.6) is 0 Å². The third-order valence-corrected chi connectivity index (χ3v) is 3.97. The first-order valence-corrected chi connectivity index (χ1v) is 8.36. The minimum Gasteiger partial charge on any atom is -0.376 e. The number of benzene rings is 1. The van der Waals surface area contributed by atoms with Gasteiger partial charge in [-0.15, -0.1) is 0 Å². The van der Waals surface area contributed by atoms with Crippen LogP contribution in [0.15, 0.2) is 24.3 Å². The summed E-state index contributed by atoms with van der Waals surface area (Å²) in [6.07, 6.45) is 4.77. The maximum atomic E-state index is 12.5. The summed E-state index contributed by atoms with van der Waals surface area (Å²) in [7, 11) is 0. The molecule has 5 nitrogen and oxygen atoms in total. The molecular weight excluding hydrogens is 290 g/mol. The number of carbonyl (C=O) groups is 1. The summed E-state index contributed by atoms with van der Waals surface area (Å²) in [6, 6.07) is 9.44. The van der Waals surface area contributed by atoms with Crippen molar-refractivity contribution in [3.63, 3.8) is 0 Å². The first-order chi connectivity index (χ1) is 11.2. The molecule has 2 amide bonds. The van der Waals surface area contributed by atoms with Gasteiger partial charge in [0.05, 0.1) is 18.6 Å². The number of amides is 2. The smallest absolute Gasteiger partial charge is 0.321 e. The number of hydrogen-bond donors (Lipinski definition) is 1. The molecular formula is C18H25N3O2. The molecule has 1 aromatic carbocycles. The molecule has 5 heteroatoms. The van der Waals surface area contributed by atoms with Crippen LogP contribution >= 0.6 is 0 Å². The fourth-order valence-electron chi connectivity index (χ4n) is 2.74. The molecule has 0 radical (unpaired) electrons. The van der Waals surface area contributed by atoms with Crippen molar-refractivity contribution in [2.75, 3.05) is 25.0 Å². The van der Waals surface area contributed by atoms with Crippen molar-refractivity contribution in [3.05, 3.63) is 29.8 Å². The van der Waals surface area contributed by atoms with Gasteiger partial charge in [0.1, 0.15) is 0 Å². The lowest BCUT2D eigenvalue weighted by atomic mass is 10.1. The van der Waals surface area contributed by atoms with Gasteiger partial charge in [0.15, 0.2) is 0 Å². The zero-order chi connectivity index (χ0) is 16.5. The molecule has 1 fully saturated rings. The van der Waals surface area contributed by atoms with Crippen LogP contribution in [0.3, 0.4) is 0 Å². The zero-order valence-electron chi connectivity index (χ0n) is 13.8. The molecule has 1 saturated heterocycles. The molecule has 1 aliphatic rings. The van der Waals surface area contributed by atoms with Crippen molar-refractivity contribution < 1.29 is 9.53 Å². The molecule has 0 saturated carbocycles. The highest BCUT2D eigenvalue weighted by molar-refractivity contribution is 5.89. The molecule has 0 bridgehead atoms. The van der Waals surface area contributed by atoms with Gasteiger partial charge >= 0.3 is 6.03 Å². The van der Waals surface area contributed by atoms with Gasteiger partial charge in [0.25, 0.3) is 0 Å². The molecule has 1 atom stereocenters.